The summed E-state index contributed by atoms with van der Waals surface area (Å²) in [5.41, 5.74) is 3.84. The number of nitrogens with zero attached hydrogens (tertiary/aromatic N) is 1. The molecular formula is C30H34N4O4. The van der Waals surface area contributed by atoms with Crippen LogP contribution in [-0.4, -0.2) is 37.6 Å². The van der Waals surface area contributed by atoms with Gasteiger partial charge in [0.25, 0.3) is 5.91 Å². The summed E-state index contributed by atoms with van der Waals surface area (Å²) in [7, 11) is 0. The van der Waals surface area contributed by atoms with Crippen molar-refractivity contribution in [3.63, 3.8) is 0 Å². The second-order valence-corrected chi connectivity index (χ2v) is 9.26. The Kier molecular flexibility index (Phi) is 8.98. The summed E-state index contributed by atoms with van der Waals surface area (Å²) in [5.74, 6) is -0.606. The number of benzene rings is 3. The van der Waals surface area contributed by atoms with E-state index in [-0.39, 0.29) is 11.9 Å². The highest BCUT2D eigenvalue weighted by atomic mass is 16.5. The number of carbonyl (C=O) groups excluding carboxylic acids is 3. The van der Waals surface area contributed by atoms with Crippen LogP contribution >= 0.6 is 0 Å². The van der Waals surface area contributed by atoms with Gasteiger partial charge in [-0.1, -0.05) is 30.3 Å². The van der Waals surface area contributed by atoms with Crippen LogP contribution in [0.4, 0.5) is 21.9 Å². The van der Waals surface area contributed by atoms with Gasteiger partial charge in [-0.25, -0.2) is 9.59 Å². The molecule has 0 saturated carbocycles. The minimum atomic E-state index is -0.455. The van der Waals surface area contributed by atoms with Gasteiger partial charge in [-0.15, -0.1) is 0 Å². The van der Waals surface area contributed by atoms with E-state index in [2.05, 4.69) is 20.9 Å². The zero-order valence-corrected chi connectivity index (χ0v) is 21.8. The van der Waals surface area contributed by atoms with E-state index in [1.807, 2.05) is 49.4 Å². The molecule has 38 heavy (non-hydrogen) atoms. The number of anilines is 3. The van der Waals surface area contributed by atoms with E-state index in [0.29, 0.717) is 29.1 Å². The minimum Gasteiger partial charge on any atom is -0.462 e. The average Bonchev–Trinajstić information content (AvgIpc) is 2.94. The van der Waals surface area contributed by atoms with Crippen LogP contribution in [0.1, 0.15) is 65.4 Å². The van der Waals surface area contributed by atoms with Crippen LogP contribution in [0.3, 0.4) is 0 Å². The monoisotopic (exact) mass is 514 g/mol. The number of piperidine rings is 1. The zero-order chi connectivity index (χ0) is 26.9. The van der Waals surface area contributed by atoms with Crippen molar-refractivity contribution < 1.29 is 19.1 Å². The van der Waals surface area contributed by atoms with Crippen LogP contribution in [0, 0.1) is 0 Å². The molecule has 3 aromatic carbocycles. The standard InChI is InChI=1S/C30H34N4O4/c1-3-38-29(36)23-12-14-24(15-13-23)32-30(37)33-25-16-17-27(34-18-8-5-9-19-34)26(20-25)28(35)31-21(2)22-10-6-4-7-11-22/h4,6-7,10-17,20-21H,3,5,8-9,18-19H2,1-2H3,(H,31,35)(H2,32,33,37). The van der Waals surface area contributed by atoms with Crippen LogP contribution in [0.2, 0.25) is 0 Å². The Balaban J connectivity index is 1.49. The Morgan fingerprint density at radius 1 is 0.868 bits per heavy atom. The van der Waals surface area contributed by atoms with E-state index in [9.17, 15) is 14.4 Å². The van der Waals surface area contributed by atoms with Gasteiger partial charge in [-0.2, -0.15) is 0 Å². The lowest BCUT2D eigenvalue weighted by Crippen LogP contribution is -2.33. The van der Waals surface area contributed by atoms with Gasteiger partial charge in [0, 0.05) is 30.2 Å². The summed E-state index contributed by atoms with van der Waals surface area (Å²) in [6, 6.07) is 21.1. The fourth-order valence-corrected chi connectivity index (χ4v) is 4.50. The molecule has 1 saturated heterocycles. The predicted molar refractivity (Wildman–Crippen MR) is 150 cm³/mol. The van der Waals surface area contributed by atoms with E-state index in [0.717, 1.165) is 37.2 Å². The fourth-order valence-electron chi connectivity index (χ4n) is 4.50. The van der Waals surface area contributed by atoms with Crippen molar-refractivity contribution in [1.82, 2.24) is 5.32 Å². The summed E-state index contributed by atoms with van der Waals surface area (Å²) in [5, 5.41) is 8.68. The van der Waals surface area contributed by atoms with Crippen LogP contribution in [0.25, 0.3) is 0 Å². The topological polar surface area (TPSA) is 99.8 Å². The second kappa shape index (κ2) is 12.8. The number of hydrogen-bond donors (Lipinski definition) is 3. The minimum absolute atomic E-state index is 0.171. The molecule has 4 rings (SSSR count). The number of nitrogens with one attached hydrogen (secondary N) is 3. The number of ether oxygens (including phenoxy) is 1. The van der Waals surface area contributed by atoms with Crippen molar-refractivity contribution in [2.75, 3.05) is 35.2 Å². The van der Waals surface area contributed by atoms with Crippen LogP contribution in [-0.2, 0) is 4.74 Å². The molecule has 0 aliphatic carbocycles. The van der Waals surface area contributed by atoms with E-state index in [1.54, 1.807) is 37.3 Å². The van der Waals surface area contributed by atoms with Crippen molar-refractivity contribution >= 4 is 35.0 Å². The number of amides is 3. The molecule has 1 unspecified atom stereocenters. The quantitative estimate of drug-likeness (QED) is 0.321. The number of carbonyl (C=O) groups is 3. The zero-order valence-electron chi connectivity index (χ0n) is 21.8. The first-order valence-corrected chi connectivity index (χ1v) is 13.0. The number of rotatable bonds is 8. The molecular weight excluding hydrogens is 480 g/mol. The van der Waals surface area contributed by atoms with Gasteiger partial charge in [-0.3, -0.25) is 4.79 Å². The average molecular weight is 515 g/mol. The maximum absolute atomic E-state index is 13.5. The van der Waals surface area contributed by atoms with Crippen molar-refractivity contribution in [3.8, 4) is 0 Å². The molecule has 0 radical (unpaired) electrons. The molecule has 1 aliphatic rings. The second-order valence-electron chi connectivity index (χ2n) is 9.26. The molecule has 1 fully saturated rings. The molecule has 0 aromatic heterocycles. The van der Waals surface area contributed by atoms with Gasteiger partial charge >= 0.3 is 12.0 Å². The number of hydrogen-bond acceptors (Lipinski definition) is 5. The smallest absolute Gasteiger partial charge is 0.338 e. The van der Waals surface area contributed by atoms with Gasteiger partial charge in [0.1, 0.15) is 0 Å². The van der Waals surface area contributed by atoms with Crippen LogP contribution in [0.5, 0.6) is 0 Å². The molecule has 8 heteroatoms. The Labute approximate surface area is 223 Å². The maximum Gasteiger partial charge on any atom is 0.338 e. The lowest BCUT2D eigenvalue weighted by atomic mass is 10.0. The first kappa shape index (κ1) is 26.7. The normalized spacial score (nSPS) is 13.8. The van der Waals surface area contributed by atoms with E-state index in [1.165, 1.54) is 6.42 Å². The summed E-state index contributed by atoms with van der Waals surface area (Å²) in [4.78, 5) is 40.2. The van der Waals surface area contributed by atoms with Crippen molar-refractivity contribution in [3.05, 3.63) is 89.5 Å². The van der Waals surface area contributed by atoms with Crippen molar-refractivity contribution in [2.45, 2.75) is 39.2 Å². The molecule has 3 aromatic rings. The van der Waals surface area contributed by atoms with Gasteiger partial charge in [0.05, 0.1) is 23.8 Å². The summed E-state index contributed by atoms with van der Waals surface area (Å²) in [6.07, 6.45) is 3.35. The fraction of sp³-hybridized carbons (Fsp3) is 0.300. The Morgan fingerprint density at radius 2 is 1.53 bits per heavy atom. The van der Waals surface area contributed by atoms with E-state index in [4.69, 9.17) is 4.74 Å². The third-order valence-electron chi connectivity index (χ3n) is 6.50. The Morgan fingerprint density at radius 3 is 2.21 bits per heavy atom. The first-order valence-electron chi connectivity index (χ1n) is 13.0. The summed E-state index contributed by atoms with van der Waals surface area (Å²) >= 11 is 0. The highest BCUT2D eigenvalue weighted by Crippen LogP contribution is 2.28. The molecule has 0 bridgehead atoms. The van der Waals surface area contributed by atoms with Crippen molar-refractivity contribution in [2.24, 2.45) is 0 Å². The van der Waals surface area contributed by atoms with Crippen LogP contribution in [0.15, 0.2) is 72.8 Å². The lowest BCUT2D eigenvalue weighted by Gasteiger charge is -2.31. The molecule has 8 nitrogen and oxygen atoms in total. The molecule has 1 atom stereocenters. The highest BCUT2D eigenvalue weighted by Gasteiger charge is 2.21. The van der Waals surface area contributed by atoms with E-state index >= 15 is 0 Å². The van der Waals surface area contributed by atoms with E-state index < -0.39 is 12.0 Å². The largest absolute Gasteiger partial charge is 0.462 e. The number of esters is 1. The number of urea groups is 1. The predicted octanol–water partition coefficient (Wildman–Crippen LogP) is 5.99. The summed E-state index contributed by atoms with van der Waals surface area (Å²) < 4.78 is 4.99. The molecule has 3 N–H and O–H groups in total. The lowest BCUT2D eigenvalue weighted by molar-refractivity contribution is 0.0526. The SMILES string of the molecule is CCOC(=O)c1ccc(NC(=O)Nc2ccc(N3CCCCC3)c(C(=O)NC(C)c3ccccc3)c2)cc1. The first-order chi connectivity index (χ1) is 18.4. The Bertz CT molecular complexity index is 1260. The maximum atomic E-state index is 13.5. The molecule has 1 heterocycles. The van der Waals surface area contributed by atoms with Gasteiger partial charge in [0.2, 0.25) is 0 Å². The van der Waals surface area contributed by atoms with Crippen LogP contribution < -0.4 is 20.9 Å². The Hall–Kier alpha value is -4.33. The molecule has 198 valence electrons. The molecule has 1 aliphatic heterocycles. The van der Waals surface area contributed by atoms with Crippen molar-refractivity contribution in [1.29, 1.82) is 0 Å². The molecule has 0 spiro atoms. The molecule has 3 amide bonds. The van der Waals surface area contributed by atoms with Gasteiger partial charge < -0.3 is 25.6 Å². The third-order valence-corrected chi connectivity index (χ3v) is 6.50. The third kappa shape index (κ3) is 6.91. The summed E-state index contributed by atoms with van der Waals surface area (Å²) in [6.45, 7) is 5.78. The van der Waals surface area contributed by atoms with Gasteiger partial charge in [-0.05, 0) is 81.1 Å². The highest BCUT2D eigenvalue weighted by molar-refractivity contribution is 6.04. The van der Waals surface area contributed by atoms with Gasteiger partial charge in [0.15, 0.2) is 0 Å².